The molecule has 0 bridgehead atoms. The van der Waals surface area contributed by atoms with Crippen LogP contribution in [0.1, 0.15) is 44.9 Å². The van der Waals surface area contributed by atoms with Gasteiger partial charge in [0.2, 0.25) is 0 Å². The van der Waals surface area contributed by atoms with Crippen molar-refractivity contribution in [2.24, 2.45) is 10.9 Å². The maximum absolute atomic E-state index is 11.6. The Morgan fingerprint density at radius 1 is 1.16 bits per heavy atom. The highest BCUT2D eigenvalue weighted by Crippen LogP contribution is 2.18. The lowest BCUT2D eigenvalue weighted by Gasteiger charge is -2.33. The molecule has 1 saturated heterocycles. The standard InChI is InChI=1S/C18H36N4O2.HI/c1-19-18(20-12-8-6-5-7-9-13-21(2)3)22-14-10-16(11-15-22)17(23)24-4;/h16H,5-15H2,1-4H3,(H,19,20);1H. The molecule has 0 saturated carbocycles. The van der Waals surface area contributed by atoms with Crippen molar-refractivity contribution < 1.29 is 9.53 Å². The van der Waals surface area contributed by atoms with Crippen LogP contribution in [0.25, 0.3) is 0 Å². The molecule has 7 heteroatoms. The first-order valence-corrected chi connectivity index (χ1v) is 9.26. The fourth-order valence-electron chi connectivity index (χ4n) is 3.11. The first-order valence-electron chi connectivity index (χ1n) is 9.26. The summed E-state index contributed by atoms with van der Waals surface area (Å²) in [6.45, 7) is 3.89. The molecule has 0 aromatic carbocycles. The molecule has 0 aliphatic carbocycles. The Morgan fingerprint density at radius 3 is 2.32 bits per heavy atom. The molecule has 0 amide bonds. The van der Waals surface area contributed by atoms with Crippen LogP contribution in [0.2, 0.25) is 0 Å². The Hall–Kier alpha value is -0.570. The number of unbranched alkanes of at least 4 members (excludes halogenated alkanes) is 4. The summed E-state index contributed by atoms with van der Waals surface area (Å²) in [5.74, 6) is 0.935. The second kappa shape index (κ2) is 14.6. The van der Waals surface area contributed by atoms with E-state index in [-0.39, 0.29) is 35.9 Å². The van der Waals surface area contributed by atoms with Crippen LogP contribution in [0.5, 0.6) is 0 Å². The number of guanidine groups is 1. The fourth-order valence-corrected chi connectivity index (χ4v) is 3.11. The molecular formula is C18H37IN4O2. The number of carbonyl (C=O) groups is 1. The van der Waals surface area contributed by atoms with E-state index in [2.05, 4.69) is 34.2 Å². The smallest absolute Gasteiger partial charge is 0.308 e. The van der Waals surface area contributed by atoms with E-state index in [4.69, 9.17) is 4.74 Å². The van der Waals surface area contributed by atoms with Gasteiger partial charge in [-0.1, -0.05) is 19.3 Å². The molecular weight excluding hydrogens is 431 g/mol. The minimum atomic E-state index is -0.0770. The molecule has 0 radical (unpaired) electrons. The van der Waals surface area contributed by atoms with Crippen LogP contribution in [-0.2, 0) is 9.53 Å². The van der Waals surface area contributed by atoms with Gasteiger partial charge < -0.3 is 19.9 Å². The van der Waals surface area contributed by atoms with Crippen LogP contribution >= 0.6 is 24.0 Å². The van der Waals surface area contributed by atoms with Crippen LogP contribution < -0.4 is 5.32 Å². The van der Waals surface area contributed by atoms with Crippen LogP contribution in [0.3, 0.4) is 0 Å². The monoisotopic (exact) mass is 468 g/mol. The van der Waals surface area contributed by atoms with Crippen molar-refractivity contribution in [3.05, 3.63) is 0 Å². The summed E-state index contributed by atoms with van der Waals surface area (Å²) >= 11 is 0. The average Bonchev–Trinajstić information content (AvgIpc) is 2.60. The number of nitrogens with one attached hydrogen (secondary N) is 1. The van der Waals surface area contributed by atoms with Gasteiger partial charge in [0.1, 0.15) is 0 Å². The number of carbonyl (C=O) groups excluding carboxylic acids is 1. The van der Waals surface area contributed by atoms with Crippen molar-refractivity contribution in [3.8, 4) is 0 Å². The first-order chi connectivity index (χ1) is 11.6. The van der Waals surface area contributed by atoms with Gasteiger partial charge in [0.15, 0.2) is 5.96 Å². The molecule has 1 aliphatic rings. The highest BCUT2D eigenvalue weighted by atomic mass is 127. The summed E-state index contributed by atoms with van der Waals surface area (Å²) in [7, 11) is 7.55. The van der Waals surface area contributed by atoms with Gasteiger partial charge in [-0.15, -0.1) is 24.0 Å². The molecule has 0 spiro atoms. The summed E-state index contributed by atoms with van der Waals surface area (Å²) in [6, 6.07) is 0. The average molecular weight is 468 g/mol. The number of rotatable bonds is 9. The normalized spacial score (nSPS) is 15.9. The van der Waals surface area contributed by atoms with Crippen molar-refractivity contribution in [1.82, 2.24) is 15.1 Å². The number of hydrogen-bond acceptors (Lipinski definition) is 4. The van der Waals surface area contributed by atoms with Gasteiger partial charge >= 0.3 is 5.97 Å². The maximum Gasteiger partial charge on any atom is 0.308 e. The second-order valence-corrected chi connectivity index (χ2v) is 6.83. The molecule has 148 valence electrons. The lowest BCUT2D eigenvalue weighted by atomic mass is 9.97. The fraction of sp³-hybridized carbons (Fsp3) is 0.889. The van der Waals surface area contributed by atoms with Crippen LogP contribution in [-0.4, -0.2) is 76.2 Å². The summed E-state index contributed by atoms with van der Waals surface area (Å²) in [6.07, 6.45) is 8.05. The van der Waals surface area contributed by atoms with E-state index < -0.39 is 0 Å². The van der Waals surface area contributed by atoms with E-state index in [0.717, 1.165) is 38.4 Å². The van der Waals surface area contributed by atoms with Crippen molar-refractivity contribution in [2.45, 2.75) is 44.9 Å². The molecule has 1 rings (SSSR count). The quantitative estimate of drug-likeness (QED) is 0.185. The number of ether oxygens (including phenoxy) is 1. The van der Waals surface area contributed by atoms with Crippen molar-refractivity contribution in [1.29, 1.82) is 0 Å². The molecule has 0 aromatic heterocycles. The number of esters is 1. The Balaban J connectivity index is 0.00000576. The second-order valence-electron chi connectivity index (χ2n) is 6.83. The van der Waals surface area contributed by atoms with Crippen molar-refractivity contribution >= 4 is 35.9 Å². The van der Waals surface area contributed by atoms with Crippen LogP contribution in [0.15, 0.2) is 4.99 Å². The summed E-state index contributed by atoms with van der Waals surface area (Å²) in [4.78, 5) is 20.4. The number of hydrogen-bond donors (Lipinski definition) is 1. The van der Waals surface area contributed by atoms with E-state index in [9.17, 15) is 4.79 Å². The Morgan fingerprint density at radius 2 is 1.76 bits per heavy atom. The van der Waals surface area contributed by atoms with Crippen LogP contribution in [0.4, 0.5) is 0 Å². The minimum Gasteiger partial charge on any atom is -0.469 e. The zero-order valence-corrected chi connectivity index (χ0v) is 18.8. The Bertz CT molecular complexity index is 383. The third-order valence-electron chi connectivity index (χ3n) is 4.61. The summed E-state index contributed by atoms with van der Waals surface area (Å²) in [5.41, 5.74) is 0. The topological polar surface area (TPSA) is 57.2 Å². The van der Waals surface area contributed by atoms with Gasteiger partial charge in [-0.25, -0.2) is 0 Å². The van der Waals surface area contributed by atoms with Gasteiger partial charge in [0.05, 0.1) is 13.0 Å². The third kappa shape index (κ3) is 10.2. The minimum absolute atomic E-state index is 0. The summed E-state index contributed by atoms with van der Waals surface area (Å²) < 4.78 is 4.84. The van der Waals surface area contributed by atoms with Crippen molar-refractivity contribution in [2.75, 3.05) is 54.4 Å². The molecule has 1 N–H and O–H groups in total. The number of methoxy groups -OCH3 is 1. The van der Waals surface area contributed by atoms with E-state index in [0.29, 0.717) is 0 Å². The maximum atomic E-state index is 11.6. The zero-order chi connectivity index (χ0) is 17.8. The lowest BCUT2D eigenvalue weighted by Crippen LogP contribution is -2.46. The molecule has 1 heterocycles. The third-order valence-corrected chi connectivity index (χ3v) is 4.61. The largest absolute Gasteiger partial charge is 0.469 e. The lowest BCUT2D eigenvalue weighted by molar-refractivity contribution is -0.146. The molecule has 0 unspecified atom stereocenters. The van der Waals surface area contributed by atoms with Crippen LogP contribution in [0, 0.1) is 5.92 Å². The Labute approximate surface area is 170 Å². The van der Waals surface area contributed by atoms with Gasteiger partial charge in [-0.05, 0) is 46.3 Å². The predicted octanol–water partition coefficient (Wildman–Crippen LogP) is 2.58. The number of likely N-dealkylation sites (tertiary alicyclic amines) is 1. The molecule has 25 heavy (non-hydrogen) atoms. The Kier molecular flexibility index (Phi) is 14.3. The SMILES string of the molecule is CN=C(NCCCCCCCN(C)C)N1CCC(C(=O)OC)CC1.I. The van der Waals surface area contributed by atoms with E-state index in [1.54, 1.807) is 0 Å². The van der Waals surface area contributed by atoms with Gasteiger partial charge in [-0.2, -0.15) is 0 Å². The highest BCUT2D eigenvalue weighted by Gasteiger charge is 2.26. The predicted molar refractivity (Wildman–Crippen MR) is 115 cm³/mol. The molecule has 6 nitrogen and oxygen atoms in total. The highest BCUT2D eigenvalue weighted by molar-refractivity contribution is 14.0. The number of nitrogens with zero attached hydrogens (tertiary/aromatic N) is 3. The molecule has 0 aromatic rings. The van der Waals surface area contributed by atoms with Gasteiger partial charge in [-0.3, -0.25) is 9.79 Å². The first kappa shape index (κ1) is 24.4. The van der Waals surface area contributed by atoms with E-state index >= 15 is 0 Å². The molecule has 1 fully saturated rings. The number of halogens is 1. The van der Waals surface area contributed by atoms with E-state index in [1.165, 1.54) is 45.8 Å². The molecule has 1 aliphatic heterocycles. The van der Waals surface area contributed by atoms with Gasteiger partial charge in [0, 0.05) is 26.7 Å². The number of piperidine rings is 1. The van der Waals surface area contributed by atoms with Gasteiger partial charge in [0.25, 0.3) is 0 Å². The van der Waals surface area contributed by atoms with Crippen molar-refractivity contribution in [3.63, 3.8) is 0 Å². The van der Waals surface area contributed by atoms with E-state index in [1.807, 2.05) is 7.05 Å². The summed E-state index contributed by atoms with van der Waals surface area (Å²) in [5, 5.41) is 3.46. The molecule has 0 atom stereocenters. The number of aliphatic imine (C=N–C) groups is 1. The zero-order valence-electron chi connectivity index (χ0n) is 16.4.